The number of aromatic carboxylic acids is 1. The molecule has 1 heterocycles. The van der Waals surface area contributed by atoms with E-state index in [1.54, 1.807) is 6.07 Å². The maximum absolute atomic E-state index is 10.9. The lowest BCUT2D eigenvalue weighted by molar-refractivity contribution is 0.0702. The van der Waals surface area contributed by atoms with Gasteiger partial charge in [-0.05, 0) is 35.9 Å². The molecule has 0 aliphatic heterocycles. The average Bonchev–Trinajstić information content (AvgIpc) is 3.03. The van der Waals surface area contributed by atoms with Crippen LogP contribution in [0.5, 0.6) is 0 Å². The first-order valence-corrected chi connectivity index (χ1v) is 6.88. The number of carbonyl (C=O) groups is 1. The number of hydrogen-bond acceptors (Lipinski definition) is 3. The maximum Gasteiger partial charge on any atom is 0.345 e. The number of thiophene rings is 1. The van der Waals surface area contributed by atoms with Gasteiger partial charge in [-0.25, -0.2) is 4.79 Å². The van der Waals surface area contributed by atoms with Crippen LogP contribution in [-0.2, 0) is 0 Å². The second-order valence-electron chi connectivity index (χ2n) is 4.72. The Labute approximate surface area is 114 Å². The summed E-state index contributed by atoms with van der Waals surface area (Å²) >= 11 is 1.27. The fourth-order valence-electron chi connectivity index (χ4n) is 2.02. The second kappa shape index (κ2) is 4.69. The summed E-state index contributed by atoms with van der Waals surface area (Å²) in [6.45, 7) is 0.214. The first-order valence-electron chi connectivity index (χ1n) is 6.06. The molecule has 1 saturated carbocycles. The highest BCUT2D eigenvalue weighted by atomic mass is 32.1. The molecule has 96 valence electrons. The smallest absolute Gasteiger partial charge is 0.345 e. The summed E-state index contributed by atoms with van der Waals surface area (Å²) in [6.07, 6.45) is 0.980. The summed E-state index contributed by atoms with van der Waals surface area (Å²) in [5.74, 6) is 6.02. The van der Waals surface area contributed by atoms with Crippen LogP contribution in [0.25, 0.3) is 10.1 Å². The number of hydrogen-bond donors (Lipinski definition) is 2. The summed E-state index contributed by atoms with van der Waals surface area (Å²) in [6, 6.07) is 7.42. The van der Waals surface area contributed by atoms with Crippen LogP contribution in [-0.4, -0.2) is 22.8 Å². The molecule has 1 aromatic heterocycles. The molecule has 1 aromatic carbocycles. The van der Waals surface area contributed by atoms with Crippen molar-refractivity contribution in [3.63, 3.8) is 0 Å². The molecule has 1 fully saturated rings. The number of benzene rings is 1. The molecule has 4 heteroatoms. The SMILES string of the molecule is O=C(O)c1cc2ccc(C#CC3C[C@@H]3CO)cc2s1. The van der Waals surface area contributed by atoms with Gasteiger partial charge in [0.1, 0.15) is 4.88 Å². The van der Waals surface area contributed by atoms with E-state index in [1.807, 2.05) is 18.2 Å². The quantitative estimate of drug-likeness (QED) is 0.826. The number of rotatable bonds is 2. The highest BCUT2D eigenvalue weighted by Crippen LogP contribution is 2.37. The van der Waals surface area contributed by atoms with Crippen LogP contribution in [0.1, 0.15) is 21.7 Å². The number of fused-ring (bicyclic) bond motifs is 1. The lowest BCUT2D eigenvalue weighted by Gasteiger charge is -1.91. The van der Waals surface area contributed by atoms with Crippen LogP contribution in [0.2, 0.25) is 0 Å². The van der Waals surface area contributed by atoms with Gasteiger partial charge < -0.3 is 10.2 Å². The Balaban J connectivity index is 1.87. The van der Waals surface area contributed by atoms with E-state index in [2.05, 4.69) is 11.8 Å². The van der Waals surface area contributed by atoms with Gasteiger partial charge in [-0.3, -0.25) is 0 Å². The molecule has 2 N–H and O–H groups in total. The van der Waals surface area contributed by atoms with E-state index >= 15 is 0 Å². The maximum atomic E-state index is 10.9. The Hall–Kier alpha value is -1.83. The van der Waals surface area contributed by atoms with E-state index in [9.17, 15) is 4.79 Å². The molecule has 19 heavy (non-hydrogen) atoms. The molecule has 0 amide bonds. The highest BCUT2D eigenvalue weighted by Gasteiger charge is 2.34. The lowest BCUT2D eigenvalue weighted by atomic mass is 10.1. The van der Waals surface area contributed by atoms with Crippen LogP contribution in [0, 0.1) is 23.7 Å². The first kappa shape index (κ1) is 12.2. The molecule has 0 radical (unpaired) electrons. The number of carboxylic acid groups (broad SMARTS) is 1. The summed E-state index contributed by atoms with van der Waals surface area (Å²) < 4.78 is 0.943. The molecular formula is C15H12O3S. The van der Waals surface area contributed by atoms with Gasteiger partial charge in [-0.1, -0.05) is 17.9 Å². The van der Waals surface area contributed by atoms with Crippen molar-refractivity contribution >= 4 is 27.4 Å². The van der Waals surface area contributed by atoms with Gasteiger partial charge in [0.2, 0.25) is 0 Å². The normalized spacial score (nSPS) is 20.9. The van der Waals surface area contributed by atoms with E-state index < -0.39 is 5.97 Å². The van der Waals surface area contributed by atoms with Crippen LogP contribution < -0.4 is 0 Å². The van der Waals surface area contributed by atoms with Crippen molar-refractivity contribution in [2.24, 2.45) is 11.8 Å². The molecule has 0 saturated heterocycles. The Morgan fingerprint density at radius 3 is 2.95 bits per heavy atom. The Morgan fingerprint density at radius 2 is 2.26 bits per heavy atom. The molecule has 1 aliphatic rings. The predicted molar refractivity (Wildman–Crippen MR) is 74.3 cm³/mol. The van der Waals surface area contributed by atoms with Crippen LogP contribution in [0.4, 0.5) is 0 Å². The Kier molecular flexibility index (Phi) is 3.02. The molecule has 2 aromatic rings. The first-order chi connectivity index (χ1) is 9.17. The van der Waals surface area contributed by atoms with Crippen molar-refractivity contribution in [2.45, 2.75) is 6.42 Å². The number of aliphatic hydroxyl groups is 1. The molecule has 2 atom stereocenters. The third-order valence-corrected chi connectivity index (χ3v) is 4.38. The van der Waals surface area contributed by atoms with Crippen molar-refractivity contribution in [1.82, 2.24) is 0 Å². The minimum atomic E-state index is -0.891. The number of aliphatic hydroxyl groups excluding tert-OH is 1. The van der Waals surface area contributed by atoms with Gasteiger partial charge in [-0.2, -0.15) is 0 Å². The summed E-state index contributed by atoms with van der Waals surface area (Å²) in [7, 11) is 0. The molecule has 3 rings (SSSR count). The Morgan fingerprint density at radius 1 is 1.42 bits per heavy atom. The van der Waals surface area contributed by atoms with E-state index in [4.69, 9.17) is 10.2 Å². The van der Waals surface area contributed by atoms with Gasteiger partial charge in [0.15, 0.2) is 0 Å². The fourth-order valence-corrected chi connectivity index (χ4v) is 2.96. The average molecular weight is 272 g/mol. The highest BCUT2D eigenvalue weighted by molar-refractivity contribution is 7.20. The third-order valence-electron chi connectivity index (χ3n) is 3.29. The van der Waals surface area contributed by atoms with Crippen molar-refractivity contribution in [2.75, 3.05) is 6.61 Å². The van der Waals surface area contributed by atoms with Gasteiger partial charge in [0, 0.05) is 22.8 Å². The van der Waals surface area contributed by atoms with Gasteiger partial charge >= 0.3 is 5.97 Å². The van der Waals surface area contributed by atoms with Crippen molar-refractivity contribution in [1.29, 1.82) is 0 Å². The molecule has 0 bridgehead atoms. The van der Waals surface area contributed by atoms with Crippen molar-refractivity contribution < 1.29 is 15.0 Å². The van der Waals surface area contributed by atoms with E-state index in [0.29, 0.717) is 16.7 Å². The van der Waals surface area contributed by atoms with Gasteiger partial charge in [0.05, 0.1) is 0 Å². The Bertz CT molecular complexity index is 705. The minimum absolute atomic E-state index is 0.214. The van der Waals surface area contributed by atoms with Crippen LogP contribution in [0.3, 0.4) is 0 Å². The minimum Gasteiger partial charge on any atom is -0.477 e. The second-order valence-corrected chi connectivity index (χ2v) is 5.81. The fraction of sp³-hybridized carbons (Fsp3) is 0.267. The summed E-state index contributed by atoms with van der Waals surface area (Å²) in [4.78, 5) is 11.3. The van der Waals surface area contributed by atoms with Crippen LogP contribution in [0.15, 0.2) is 24.3 Å². The molecule has 1 aliphatic carbocycles. The molecule has 3 nitrogen and oxygen atoms in total. The molecular weight excluding hydrogens is 260 g/mol. The summed E-state index contributed by atoms with van der Waals surface area (Å²) in [5.41, 5.74) is 0.898. The van der Waals surface area contributed by atoms with E-state index in [1.165, 1.54) is 11.3 Å². The third kappa shape index (κ3) is 2.48. The van der Waals surface area contributed by atoms with Gasteiger partial charge in [-0.15, -0.1) is 11.3 Å². The zero-order valence-electron chi connectivity index (χ0n) is 10.1. The zero-order valence-corrected chi connectivity index (χ0v) is 10.9. The molecule has 0 spiro atoms. The standard InChI is InChI=1S/C15H12O3S/c16-8-12-6-10(12)3-1-9-2-4-11-7-14(15(17)18)19-13(11)5-9/h2,4-5,7,10,12,16H,6,8H2,(H,17,18)/t10?,12-/m1/s1. The topological polar surface area (TPSA) is 57.5 Å². The predicted octanol–water partition coefficient (Wildman–Crippen LogP) is 2.58. The number of carboxylic acids is 1. The van der Waals surface area contributed by atoms with Crippen molar-refractivity contribution in [3.8, 4) is 11.8 Å². The van der Waals surface area contributed by atoms with E-state index in [0.717, 1.165) is 22.1 Å². The zero-order chi connectivity index (χ0) is 13.4. The van der Waals surface area contributed by atoms with Crippen molar-refractivity contribution in [3.05, 3.63) is 34.7 Å². The largest absolute Gasteiger partial charge is 0.477 e. The van der Waals surface area contributed by atoms with Crippen LogP contribution >= 0.6 is 11.3 Å². The monoisotopic (exact) mass is 272 g/mol. The summed E-state index contributed by atoms with van der Waals surface area (Å²) in [5, 5.41) is 18.8. The molecule has 1 unspecified atom stereocenters. The van der Waals surface area contributed by atoms with Gasteiger partial charge in [0.25, 0.3) is 0 Å². The van der Waals surface area contributed by atoms with E-state index in [-0.39, 0.29) is 6.61 Å². The lowest BCUT2D eigenvalue weighted by Crippen LogP contribution is -1.89.